The van der Waals surface area contributed by atoms with Crippen LogP contribution in [0.5, 0.6) is 11.5 Å². The first-order valence-electron chi connectivity index (χ1n) is 5.39. The summed E-state index contributed by atoms with van der Waals surface area (Å²) in [6.07, 6.45) is 0.332. The van der Waals surface area contributed by atoms with E-state index in [9.17, 15) is 18.0 Å². The Kier molecular flexibility index (Phi) is 3.55. The molecule has 2 nitrogen and oxygen atoms in total. The fourth-order valence-electron chi connectivity index (χ4n) is 1.58. The first-order chi connectivity index (χ1) is 9.01. The third-order valence-electron chi connectivity index (χ3n) is 2.51. The summed E-state index contributed by atoms with van der Waals surface area (Å²) in [6.45, 7) is 1.55. The second-order valence-corrected chi connectivity index (χ2v) is 3.94. The molecular weight excluding hydrogens is 257 g/mol. The van der Waals surface area contributed by atoms with E-state index >= 15 is 0 Å². The summed E-state index contributed by atoms with van der Waals surface area (Å²) in [6, 6.07) is 5.31. The number of benzene rings is 2. The highest BCUT2D eigenvalue weighted by Gasteiger charge is 2.14. The van der Waals surface area contributed by atoms with Gasteiger partial charge in [0.2, 0.25) is 0 Å². The second kappa shape index (κ2) is 5.14. The molecule has 0 aromatic heterocycles. The van der Waals surface area contributed by atoms with E-state index in [1.807, 2.05) is 0 Å². The van der Waals surface area contributed by atoms with Crippen LogP contribution in [0.25, 0.3) is 0 Å². The normalized spacial score (nSPS) is 10.3. The molecule has 19 heavy (non-hydrogen) atoms. The van der Waals surface area contributed by atoms with Gasteiger partial charge in [0.1, 0.15) is 17.9 Å². The number of carbonyl (C=O) groups excluding carboxylic acids is 1. The zero-order valence-electron chi connectivity index (χ0n) is 9.91. The minimum absolute atomic E-state index is 0.127. The Labute approximate surface area is 107 Å². The van der Waals surface area contributed by atoms with Crippen LogP contribution in [0.4, 0.5) is 13.2 Å². The smallest absolute Gasteiger partial charge is 0.198 e. The number of ether oxygens (including phenoxy) is 1. The Morgan fingerprint density at radius 1 is 1.05 bits per heavy atom. The summed E-state index contributed by atoms with van der Waals surface area (Å²) in [5.74, 6) is -2.95. The van der Waals surface area contributed by atoms with Gasteiger partial charge in [-0.1, -0.05) is 0 Å². The zero-order valence-corrected chi connectivity index (χ0v) is 9.91. The molecule has 0 atom stereocenters. The second-order valence-electron chi connectivity index (χ2n) is 3.94. The van der Waals surface area contributed by atoms with Crippen LogP contribution >= 0.6 is 0 Å². The molecule has 0 amide bonds. The molecule has 0 aliphatic rings. The molecule has 2 rings (SSSR count). The molecule has 0 aliphatic carbocycles. The lowest BCUT2D eigenvalue weighted by atomic mass is 10.2. The average molecular weight is 266 g/mol. The largest absolute Gasteiger partial charge is 0.451 e. The number of carbonyl (C=O) groups is 1. The number of hydrogen-bond acceptors (Lipinski definition) is 2. The van der Waals surface area contributed by atoms with Crippen LogP contribution in [0.3, 0.4) is 0 Å². The zero-order chi connectivity index (χ0) is 14.0. The molecule has 0 radical (unpaired) electrons. The Balaban J connectivity index is 2.41. The quantitative estimate of drug-likeness (QED) is 0.784. The van der Waals surface area contributed by atoms with Gasteiger partial charge in [0.25, 0.3) is 0 Å². The molecule has 98 valence electrons. The van der Waals surface area contributed by atoms with E-state index in [0.29, 0.717) is 11.8 Å². The van der Waals surface area contributed by atoms with Gasteiger partial charge >= 0.3 is 0 Å². The summed E-state index contributed by atoms with van der Waals surface area (Å²) >= 11 is 0. The van der Waals surface area contributed by atoms with E-state index in [4.69, 9.17) is 4.74 Å². The predicted molar refractivity (Wildman–Crippen MR) is 63.0 cm³/mol. The van der Waals surface area contributed by atoms with Gasteiger partial charge < -0.3 is 4.74 Å². The number of rotatable bonds is 3. The third-order valence-corrected chi connectivity index (χ3v) is 2.51. The summed E-state index contributed by atoms with van der Waals surface area (Å²) in [7, 11) is 0. The molecule has 0 unspecified atom stereocenters. The van der Waals surface area contributed by atoms with E-state index < -0.39 is 23.2 Å². The molecule has 0 saturated carbocycles. The summed E-state index contributed by atoms with van der Waals surface area (Å²) in [5.41, 5.74) is 0.274. The Morgan fingerprint density at radius 2 is 1.68 bits per heavy atom. The number of halogens is 3. The number of aldehydes is 1. The fourth-order valence-corrected chi connectivity index (χ4v) is 1.58. The summed E-state index contributed by atoms with van der Waals surface area (Å²) in [5, 5.41) is 0. The van der Waals surface area contributed by atoms with Crippen molar-refractivity contribution in [1.29, 1.82) is 0 Å². The van der Waals surface area contributed by atoms with Crippen molar-refractivity contribution in [2.75, 3.05) is 0 Å². The van der Waals surface area contributed by atoms with E-state index in [-0.39, 0.29) is 11.3 Å². The highest BCUT2D eigenvalue weighted by atomic mass is 19.1. The van der Waals surface area contributed by atoms with Crippen LogP contribution in [-0.2, 0) is 0 Å². The van der Waals surface area contributed by atoms with Crippen molar-refractivity contribution in [2.24, 2.45) is 0 Å². The van der Waals surface area contributed by atoms with Crippen LogP contribution in [-0.4, -0.2) is 6.29 Å². The summed E-state index contributed by atoms with van der Waals surface area (Å²) < 4.78 is 45.2. The lowest BCUT2D eigenvalue weighted by molar-refractivity contribution is 0.112. The molecule has 0 aliphatic heterocycles. The van der Waals surface area contributed by atoms with Crippen molar-refractivity contribution in [3.8, 4) is 11.5 Å². The van der Waals surface area contributed by atoms with Crippen molar-refractivity contribution in [2.45, 2.75) is 6.92 Å². The van der Waals surface area contributed by atoms with Gasteiger partial charge in [0.05, 0.1) is 0 Å². The Bertz CT molecular complexity index is 616. The van der Waals surface area contributed by atoms with E-state index in [1.165, 1.54) is 12.1 Å². The topological polar surface area (TPSA) is 26.3 Å². The first kappa shape index (κ1) is 13.1. The molecule has 0 saturated heterocycles. The maximum atomic E-state index is 13.6. The minimum Gasteiger partial charge on any atom is -0.451 e. The van der Waals surface area contributed by atoms with E-state index in [2.05, 4.69) is 0 Å². The van der Waals surface area contributed by atoms with E-state index in [0.717, 1.165) is 18.2 Å². The molecule has 0 fully saturated rings. The molecule has 2 aromatic carbocycles. The maximum absolute atomic E-state index is 13.6. The van der Waals surface area contributed by atoms with Gasteiger partial charge in [-0.05, 0) is 42.8 Å². The lowest BCUT2D eigenvalue weighted by Crippen LogP contribution is -1.96. The van der Waals surface area contributed by atoms with Crippen LogP contribution < -0.4 is 4.74 Å². The van der Waals surface area contributed by atoms with Crippen molar-refractivity contribution < 1.29 is 22.7 Å². The average Bonchev–Trinajstić information content (AvgIpc) is 2.35. The molecule has 0 spiro atoms. The molecule has 0 heterocycles. The van der Waals surface area contributed by atoms with Crippen molar-refractivity contribution >= 4 is 6.29 Å². The van der Waals surface area contributed by atoms with Crippen LogP contribution in [0.2, 0.25) is 0 Å². The van der Waals surface area contributed by atoms with Gasteiger partial charge in [-0.15, -0.1) is 0 Å². The fraction of sp³-hybridized carbons (Fsp3) is 0.0714. The summed E-state index contributed by atoms with van der Waals surface area (Å²) in [4.78, 5) is 10.5. The first-order valence-corrected chi connectivity index (χ1v) is 5.39. The SMILES string of the molecule is Cc1cc(F)ccc1Oc1c(F)cc(C=O)cc1F. The molecule has 0 bridgehead atoms. The maximum Gasteiger partial charge on any atom is 0.198 e. The van der Waals surface area contributed by atoms with Crippen LogP contribution in [0, 0.1) is 24.4 Å². The predicted octanol–water partition coefficient (Wildman–Crippen LogP) is 4.02. The van der Waals surface area contributed by atoms with Crippen molar-refractivity contribution in [1.82, 2.24) is 0 Å². The molecule has 2 aromatic rings. The standard InChI is InChI=1S/C14H9F3O2/c1-8-4-10(15)2-3-13(8)19-14-11(16)5-9(7-18)6-12(14)17/h2-7H,1H3. The van der Waals surface area contributed by atoms with Gasteiger partial charge in [-0.25, -0.2) is 13.2 Å². The number of hydrogen-bond donors (Lipinski definition) is 0. The highest BCUT2D eigenvalue weighted by molar-refractivity contribution is 5.75. The molecule has 0 N–H and O–H groups in total. The van der Waals surface area contributed by atoms with Gasteiger partial charge in [0.15, 0.2) is 17.4 Å². The molecule has 5 heteroatoms. The monoisotopic (exact) mass is 266 g/mol. The third kappa shape index (κ3) is 2.76. The van der Waals surface area contributed by atoms with Crippen LogP contribution in [0.1, 0.15) is 15.9 Å². The lowest BCUT2D eigenvalue weighted by Gasteiger charge is -2.10. The Morgan fingerprint density at radius 3 is 2.21 bits per heavy atom. The van der Waals surface area contributed by atoms with Gasteiger partial charge in [-0.3, -0.25) is 4.79 Å². The van der Waals surface area contributed by atoms with Crippen molar-refractivity contribution in [3.63, 3.8) is 0 Å². The molecular formula is C14H9F3O2. The number of aryl methyl sites for hydroxylation is 1. The Hall–Kier alpha value is -2.30. The van der Waals surface area contributed by atoms with Gasteiger partial charge in [0, 0.05) is 5.56 Å². The van der Waals surface area contributed by atoms with Gasteiger partial charge in [-0.2, -0.15) is 0 Å². The highest BCUT2D eigenvalue weighted by Crippen LogP contribution is 2.30. The van der Waals surface area contributed by atoms with Crippen LogP contribution in [0.15, 0.2) is 30.3 Å². The minimum atomic E-state index is -0.995. The van der Waals surface area contributed by atoms with E-state index in [1.54, 1.807) is 6.92 Å². The van der Waals surface area contributed by atoms with Crippen molar-refractivity contribution in [3.05, 3.63) is 58.9 Å².